The van der Waals surface area contributed by atoms with Crippen molar-refractivity contribution in [1.82, 2.24) is 10.2 Å². The van der Waals surface area contributed by atoms with Crippen molar-refractivity contribution in [3.05, 3.63) is 35.4 Å². The van der Waals surface area contributed by atoms with Crippen LogP contribution >= 0.6 is 0 Å². The van der Waals surface area contributed by atoms with Gasteiger partial charge >= 0.3 is 0 Å². The maximum Gasteiger partial charge on any atom is 0.0593 e. The highest BCUT2D eigenvalue weighted by molar-refractivity contribution is 5.22. The minimum absolute atomic E-state index is 0.789. The number of benzene rings is 1. The molecule has 1 aliphatic carbocycles. The molecule has 0 aromatic heterocycles. The van der Waals surface area contributed by atoms with Crippen molar-refractivity contribution in [3.63, 3.8) is 0 Å². The second-order valence-corrected chi connectivity index (χ2v) is 5.71. The molecule has 1 saturated heterocycles. The Hall–Kier alpha value is -0.900. The Morgan fingerprint density at radius 3 is 2.63 bits per heavy atom. The average Bonchev–Trinajstić information content (AvgIpc) is 3.26. The normalized spacial score (nSPS) is 21.3. The zero-order valence-electron chi connectivity index (χ0n) is 11.6. The van der Waals surface area contributed by atoms with Gasteiger partial charge in [0, 0.05) is 38.8 Å². The van der Waals surface area contributed by atoms with Crippen molar-refractivity contribution in [2.75, 3.05) is 26.3 Å². The van der Waals surface area contributed by atoms with Gasteiger partial charge in [0.25, 0.3) is 0 Å². The highest BCUT2D eigenvalue weighted by Gasteiger charge is 2.19. The molecule has 0 unspecified atom stereocenters. The van der Waals surface area contributed by atoms with Crippen LogP contribution < -0.4 is 5.32 Å². The second kappa shape index (κ2) is 6.51. The fourth-order valence-corrected chi connectivity index (χ4v) is 2.53. The van der Waals surface area contributed by atoms with Crippen LogP contribution in [-0.2, 0) is 17.8 Å². The van der Waals surface area contributed by atoms with E-state index in [2.05, 4.69) is 34.5 Å². The molecule has 104 valence electrons. The minimum Gasteiger partial charge on any atom is -0.380 e. The molecule has 3 nitrogen and oxygen atoms in total. The first-order valence-corrected chi connectivity index (χ1v) is 7.51. The molecule has 0 amide bonds. The number of hydrogen-bond donors (Lipinski definition) is 1. The monoisotopic (exact) mass is 260 g/mol. The molecular weight excluding hydrogens is 236 g/mol. The van der Waals surface area contributed by atoms with E-state index in [1.165, 1.54) is 24.0 Å². The number of nitrogens with zero attached hydrogens (tertiary/aromatic N) is 1. The van der Waals surface area contributed by atoms with E-state index in [0.29, 0.717) is 0 Å². The van der Waals surface area contributed by atoms with E-state index in [4.69, 9.17) is 4.74 Å². The summed E-state index contributed by atoms with van der Waals surface area (Å²) in [6.45, 7) is 6.09. The fourth-order valence-electron chi connectivity index (χ4n) is 2.53. The summed E-state index contributed by atoms with van der Waals surface area (Å²) in [6, 6.07) is 9.86. The molecule has 0 bridgehead atoms. The molecule has 1 aromatic rings. The summed E-state index contributed by atoms with van der Waals surface area (Å²) >= 11 is 0. The van der Waals surface area contributed by atoms with Crippen molar-refractivity contribution < 1.29 is 4.74 Å². The van der Waals surface area contributed by atoms with Gasteiger partial charge in [0.15, 0.2) is 0 Å². The summed E-state index contributed by atoms with van der Waals surface area (Å²) in [6.07, 6.45) is 3.87. The summed E-state index contributed by atoms with van der Waals surface area (Å²) in [5.74, 6) is 0. The Labute approximate surface area is 115 Å². The predicted octanol–water partition coefficient (Wildman–Crippen LogP) is 2.16. The van der Waals surface area contributed by atoms with Crippen LogP contribution in [0.2, 0.25) is 0 Å². The number of nitrogens with one attached hydrogen (secondary N) is 1. The Balaban J connectivity index is 1.49. The van der Waals surface area contributed by atoms with E-state index in [1.54, 1.807) is 0 Å². The number of rotatable bonds is 5. The lowest BCUT2D eigenvalue weighted by molar-refractivity contribution is 0.140. The van der Waals surface area contributed by atoms with Gasteiger partial charge in [0.2, 0.25) is 0 Å². The smallest absolute Gasteiger partial charge is 0.0593 e. The van der Waals surface area contributed by atoms with Crippen molar-refractivity contribution in [2.24, 2.45) is 0 Å². The van der Waals surface area contributed by atoms with Crippen LogP contribution in [-0.4, -0.2) is 37.2 Å². The van der Waals surface area contributed by atoms with Crippen molar-refractivity contribution >= 4 is 0 Å². The van der Waals surface area contributed by atoms with Crippen LogP contribution in [0.25, 0.3) is 0 Å². The zero-order valence-corrected chi connectivity index (χ0v) is 11.6. The first-order valence-electron chi connectivity index (χ1n) is 7.51. The van der Waals surface area contributed by atoms with Gasteiger partial charge in [-0.2, -0.15) is 0 Å². The predicted molar refractivity (Wildman–Crippen MR) is 77.0 cm³/mol. The van der Waals surface area contributed by atoms with E-state index in [9.17, 15) is 0 Å². The fraction of sp³-hybridized carbons (Fsp3) is 0.625. The quantitative estimate of drug-likeness (QED) is 0.878. The third-order valence-electron chi connectivity index (χ3n) is 3.92. The van der Waals surface area contributed by atoms with Gasteiger partial charge in [-0.05, 0) is 30.4 Å². The Morgan fingerprint density at radius 2 is 1.84 bits per heavy atom. The van der Waals surface area contributed by atoms with Gasteiger partial charge in [-0.1, -0.05) is 24.3 Å². The topological polar surface area (TPSA) is 24.5 Å². The molecule has 3 rings (SSSR count). The van der Waals surface area contributed by atoms with E-state index >= 15 is 0 Å². The summed E-state index contributed by atoms with van der Waals surface area (Å²) in [7, 11) is 0. The lowest BCUT2D eigenvalue weighted by Gasteiger charge is -2.19. The van der Waals surface area contributed by atoms with Gasteiger partial charge in [0.05, 0.1) is 6.61 Å². The molecule has 2 aliphatic rings. The molecule has 3 heteroatoms. The number of ether oxygens (including phenoxy) is 1. The molecule has 1 N–H and O–H groups in total. The van der Waals surface area contributed by atoms with E-state index in [0.717, 1.165) is 51.9 Å². The van der Waals surface area contributed by atoms with Crippen LogP contribution in [0.15, 0.2) is 24.3 Å². The maximum atomic E-state index is 5.49. The zero-order chi connectivity index (χ0) is 12.9. The number of hydrogen-bond acceptors (Lipinski definition) is 3. The molecule has 0 spiro atoms. The summed E-state index contributed by atoms with van der Waals surface area (Å²) in [4.78, 5) is 2.49. The van der Waals surface area contributed by atoms with Gasteiger partial charge < -0.3 is 10.1 Å². The van der Waals surface area contributed by atoms with E-state index < -0.39 is 0 Å². The lowest BCUT2D eigenvalue weighted by atomic mass is 10.1. The summed E-state index contributed by atoms with van der Waals surface area (Å²) < 4.78 is 5.49. The van der Waals surface area contributed by atoms with Gasteiger partial charge in [-0.25, -0.2) is 0 Å². The van der Waals surface area contributed by atoms with Gasteiger partial charge in [0.1, 0.15) is 0 Å². The molecular formula is C16H24N2O. The van der Waals surface area contributed by atoms with Crippen molar-refractivity contribution in [2.45, 2.75) is 38.4 Å². The van der Waals surface area contributed by atoms with E-state index in [1.807, 2.05) is 0 Å². The molecule has 0 atom stereocenters. The van der Waals surface area contributed by atoms with E-state index in [-0.39, 0.29) is 0 Å². The molecule has 0 radical (unpaired) electrons. The first kappa shape index (κ1) is 13.1. The van der Waals surface area contributed by atoms with Crippen LogP contribution in [0.4, 0.5) is 0 Å². The SMILES string of the molecule is c1cc(CN2CCCOCC2)ccc1CNC1CC1. The van der Waals surface area contributed by atoms with Crippen molar-refractivity contribution in [1.29, 1.82) is 0 Å². The third-order valence-corrected chi connectivity index (χ3v) is 3.92. The maximum absolute atomic E-state index is 5.49. The molecule has 19 heavy (non-hydrogen) atoms. The van der Waals surface area contributed by atoms with Crippen LogP contribution in [0.1, 0.15) is 30.4 Å². The Morgan fingerprint density at radius 1 is 1.05 bits per heavy atom. The Bertz CT molecular complexity index is 378. The Kier molecular flexibility index (Phi) is 4.49. The van der Waals surface area contributed by atoms with Crippen molar-refractivity contribution in [3.8, 4) is 0 Å². The lowest BCUT2D eigenvalue weighted by Crippen LogP contribution is -2.25. The second-order valence-electron chi connectivity index (χ2n) is 5.71. The third kappa shape index (κ3) is 4.30. The average molecular weight is 260 g/mol. The summed E-state index contributed by atoms with van der Waals surface area (Å²) in [5.41, 5.74) is 2.81. The largest absolute Gasteiger partial charge is 0.380 e. The first-order chi connectivity index (χ1) is 9.40. The highest BCUT2D eigenvalue weighted by Crippen LogP contribution is 2.19. The standard InChI is InChI=1S/C16H24N2O/c1-8-18(9-11-19-10-1)13-15-4-2-14(3-5-15)12-17-16-6-7-16/h2-5,16-17H,1,6-13H2. The van der Waals surface area contributed by atoms with Crippen LogP contribution in [0.3, 0.4) is 0 Å². The minimum atomic E-state index is 0.789. The molecule has 2 fully saturated rings. The van der Waals surface area contributed by atoms with Gasteiger partial charge in [-0.3, -0.25) is 4.90 Å². The molecule has 1 heterocycles. The molecule has 1 saturated carbocycles. The molecule has 1 aromatic carbocycles. The van der Waals surface area contributed by atoms with Crippen LogP contribution in [0.5, 0.6) is 0 Å². The van der Waals surface area contributed by atoms with Gasteiger partial charge in [-0.15, -0.1) is 0 Å². The summed E-state index contributed by atoms with van der Waals surface area (Å²) in [5, 5.41) is 3.56. The van der Waals surface area contributed by atoms with Crippen LogP contribution in [0, 0.1) is 0 Å². The highest BCUT2D eigenvalue weighted by atomic mass is 16.5. The molecule has 1 aliphatic heterocycles.